The minimum atomic E-state index is -1.17. The highest BCUT2D eigenvalue weighted by Crippen LogP contribution is 2.34. The van der Waals surface area contributed by atoms with Crippen molar-refractivity contribution in [3.63, 3.8) is 0 Å². The standard InChI is InChI=1S/C14H19NO2/c1-10-3-6-14(17,7-4-10)13(16)12-9-15-8-5-11(12)2/h5,8-10,17H,3-4,6-7H2,1-2H3. The molecule has 0 amide bonds. The molecule has 0 bridgehead atoms. The van der Waals surface area contributed by atoms with Crippen LogP contribution in [0.2, 0.25) is 0 Å². The van der Waals surface area contributed by atoms with E-state index in [1.807, 2.05) is 13.0 Å². The number of carbonyl (C=O) groups excluding carboxylic acids is 1. The average molecular weight is 233 g/mol. The van der Waals surface area contributed by atoms with Crippen molar-refractivity contribution in [2.75, 3.05) is 0 Å². The Kier molecular flexibility index (Phi) is 3.29. The zero-order valence-electron chi connectivity index (χ0n) is 10.4. The van der Waals surface area contributed by atoms with E-state index >= 15 is 0 Å². The van der Waals surface area contributed by atoms with Gasteiger partial charge in [0.1, 0.15) is 5.60 Å². The fourth-order valence-corrected chi connectivity index (χ4v) is 2.42. The molecule has 0 unspecified atom stereocenters. The number of hydrogen-bond donors (Lipinski definition) is 1. The number of aromatic nitrogens is 1. The first-order valence-corrected chi connectivity index (χ1v) is 6.21. The van der Waals surface area contributed by atoms with Crippen molar-refractivity contribution in [2.45, 2.75) is 45.1 Å². The first kappa shape index (κ1) is 12.2. The van der Waals surface area contributed by atoms with Crippen LogP contribution < -0.4 is 0 Å². The maximum absolute atomic E-state index is 12.4. The molecule has 1 aliphatic rings. The van der Waals surface area contributed by atoms with E-state index in [4.69, 9.17) is 0 Å². The molecule has 3 nitrogen and oxygen atoms in total. The molecule has 2 rings (SSSR count). The van der Waals surface area contributed by atoms with Gasteiger partial charge in [0.15, 0.2) is 5.78 Å². The Labute approximate surface area is 102 Å². The highest BCUT2D eigenvalue weighted by atomic mass is 16.3. The second-order valence-electron chi connectivity index (χ2n) is 5.23. The molecule has 1 heterocycles. The average Bonchev–Trinajstić information content (AvgIpc) is 2.33. The normalized spacial score (nSPS) is 29.0. The topological polar surface area (TPSA) is 50.2 Å². The number of rotatable bonds is 2. The minimum Gasteiger partial charge on any atom is -0.382 e. The Morgan fingerprint density at radius 1 is 1.47 bits per heavy atom. The summed E-state index contributed by atoms with van der Waals surface area (Å²) in [5.74, 6) is 0.452. The predicted octanol–water partition coefficient (Wildman–Crippen LogP) is 2.51. The zero-order valence-corrected chi connectivity index (χ0v) is 10.4. The van der Waals surface area contributed by atoms with Gasteiger partial charge in [0.25, 0.3) is 0 Å². The lowest BCUT2D eigenvalue weighted by Gasteiger charge is -2.33. The third-order valence-corrected chi connectivity index (χ3v) is 3.81. The van der Waals surface area contributed by atoms with E-state index < -0.39 is 5.60 Å². The summed E-state index contributed by atoms with van der Waals surface area (Å²) >= 11 is 0. The lowest BCUT2D eigenvalue weighted by Crippen LogP contribution is -2.42. The molecule has 1 fully saturated rings. The van der Waals surface area contributed by atoms with E-state index in [0.717, 1.165) is 18.4 Å². The summed E-state index contributed by atoms with van der Waals surface area (Å²) in [4.78, 5) is 16.3. The SMILES string of the molecule is Cc1ccncc1C(=O)C1(O)CCC(C)CC1. The summed E-state index contributed by atoms with van der Waals surface area (Å²) in [6.07, 6.45) is 6.21. The van der Waals surface area contributed by atoms with Gasteiger partial charge in [0, 0.05) is 18.0 Å². The fourth-order valence-electron chi connectivity index (χ4n) is 2.42. The van der Waals surface area contributed by atoms with Gasteiger partial charge in [-0.2, -0.15) is 0 Å². The van der Waals surface area contributed by atoms with E-state index in [2.05, 4.69) is 11.9 Å². The number of Topliss-reactive ketones (excluding diaryl/α,β-unsaturated/α-hetero) is 1. The van der Waals surface area contributed by atoms with Crippen LogP contribution in [0.25, 0.3) is 0 Å². The first-order chi connectivity index (χ1) is 8.03. The molecule has 1 aromatic heterocycles. The van der Waals surface area contributed by atoms with Gasteiger partial charge in [-0.15, -0.1) is 0 Å². The summed E-state index contributed by atoms with van der Waals surface area (Å²) < 4.78 is 0. The predicted molar refractivity (Wildman–Crippen MR) is 65.9 cm³/mol. The molecule has 0 aliphatic heterocycles. The molecule has 3 heteroatoms. The molecule has 0 aromatic carbocycles. The van der Waals surface area contributed by atoms with E-state index in [1.165, 1.54) is 0 Å². The molecule has 92 valence electrons. The van der Waals surface area contributed by atoms with Crippen LogP contribution in [0.1, 0.15) is 48.5 Å². The minimum absolute atomic E-state index is 0.157. The van der Waals surface area contributed by atoms with E-state index in [1.54, 1.807) is 12.4 Å². The van der Waals surface area contributed by atoms with Gasteiger partial charge in [-0.05, 0) is 50.2 Å². The summed E-state index contributed by atoms with van der Waals surface area (Å²) in [6, 6.07) is 1.81. The smallest absolute Gasteiger partial charge is 0.196 e. The molecule has 0 radical (unpaired) electrons. The van der Waals surface area contributed by atoms with Gasteiger partial charge in [0.2, 0.25) is 0 Å². The molecule has 0 spiro atoms. The molecule has 1 saturated carbocycles. The van der Waals surface area contributed by atoms with Gasteiger partial charge < -0.3 is 5.11 Å². The maximum atomic E-state index is 12.4. The Morgan fingerprint density at radius 2 is 2.12 bits per heavy atom. The maximum Gasteiger partial charge on any atom is 0.196 e. The Balaban J connectivity index is 2.23. The number of hydrogen-bond acceptors (Lipinski definition) is 3. The van der Waals surface area contributed by atoms with Crippen LogP contribution in [-0.4, -0.2) is 21.5 Å². The van der Waals surface area contributed by atoms with Crippen molar-refractivity contribution in [1.29, 1.82) is 0 Å². The van der Waals surface area contributed by atoms with Crippen molar-refractivity contribution < 1.29 is 9.90 Å². The van der Waals surface area contributed by atoms with Crippen molar-refractivity contribution in [2.24, 2.45) is 5.92 Å². The Bertz CT molecular complexity index is 420. The number of ketones is 1. The second-order valence-corrected chi connectivity index (χ2v) is 5.23. The number of aryl methyl sites for hydroxylation is 1. The zero-order chi connectivity index (χ0) is 12.5. The molecule has 17 heavy (non-hydrogen) atoms. The van der Waals surface area contributed by atoms with Crippen molar-refractivity contribution >= 4 is 5.78 Å². The van der Waals surface area contributed by atoms with Crippen LogP contribution in [0.3, 0.4) is 0 Å². The van der Waals surface area contributed by atoms with E-state index in [9.17, 15) is 9.90 Å². The molecule has 1 aromatic rings. The quantitative estimate of drug-likeness (QED) is 0.798. The number of carbonyl (C=O) groups is 1. The highest BCUT2D eigenvalue weighted by Gasteiger charge is 2.39. The van der Waals surface area contributed by atoms with Crippen LogP contribution >= 0.6 is 0 Å². The third kappa shape index (κ3) is 2.39. The van der Waals surface area contributed by atoms with Crippen molar-refractivity contribution in [3.8, 4) is 0 Å². The molecular weight excluding hydrogens is 214 g/mol. The first-order valence-electron chi connectivity index (χ1n) is 6.21. The van der Waals surface area contributed by atoms with Crippen molar-refractivity contribution in [3.05, 3.63) is 29.6 Å². The monoisotopic (exact) mass is 233 g/mol. The molecule has 1 aliphatic carbocycles. The van der Waals surface area contributed by atoms with Gasteiger partial charge in [-0.3, -0.25) is 9.78 Å². The van der Waals surface area contributed by atoms with Crippen LogP contribution in [0.5, 0.6) is 0 Å². The lowest BCUT2D eigenvalue weighted by atomic mass is 9.75. The van der Waals surface area contributed by atoms with Crippen LogP contribution in [0, 0.1) is 12.8 Å². The van der Waals surface area contributed by atoms with Crippen molar-refractivity contribution in [1.82, 2.24) is 4.98 Å². The number of nitrogens with zero attached hydrogens (tertiary/aromatic N) is 1. The van der Waals surface area contributed by atoms with Gasteiger partial charge in [0.05, 0.1) is 0 Å². The van der Waals surface area contributed by atoms with E-state index in [0.29, 0.717) is 24.3 Å². The highest BCUT2D eigenvalue weighted by molar-refractivity contribution is 6.03. The van der Waals surface area contributed by atoms with Gasteiger partial charge in [-0.25, -0.2) is 0 Å². The summed E-state index contributed by atoms with van der Waals surface area (Å²) in [6.45, 7) is 4.04. The number of pyridine rings is 1. The van der Waals surface area contributed by atoms with Gasteiger partial charge in [-0.1, -0.05) is 6.92 Å². The summed E-state index contributed by atoms with van der Waals surface area (Å²) in [5.41, 5.74) is 0.280. The van der Waals surface area contributed by atoms with Crippen LogP contribution in [0.15, 0.2) is 18.5 Å². The van der Waals surface area contributed by atoms with Crippen LogP contribution in [-0.2, 0) is 0 Å². The van der Waals surface area contributed by atoms with Gasteiger partial charge >= 0.3 is 0 Å². The Morgan fingerprint density at radius 3 is 2.71 bits per heavy atom. The summed E-state index contributed by atoms with van der Waals surface area (Å²) in [5, 5.41) is 10.5. The molecule has 1 N–H and O–H groups in total. The lowest BCUT2D eigenvalue weighted by molar-refractivity contribution is 0.00417. The largest absolute Gasteiger partial charge is 0.382 e. The second kappa shape index (κ2) is 4.57. The molecule has 0 saturated heterocycles. The fraction of sp³-hybridized carbons (Fsp3) is 0.571. The number of aliphatic hydroxyl groups is 1. The summed E-state index contributed by atoms with van der Waals surface area (Å²) in [7, 11) is 0. The third-order valence-electron chi connectivity index (χ3n) is 3.81. The van der Waals surface area contributed by atoms with E-state index in [-0.39, 0.29) is 5.78 Å². The molecule has 0 atom stereocenters. The van der Waals surface area contributed by atoms with Crippen LogP contribution in [0.4, 0.5) is 0 Å². The Hall–Kier alpha value is -1.22. The molecular formula is C14H19NO2.